The van der Waals surface area contributed by atoms with Crippen molar-refractivity contribution in [1.29, 1.82) is 0 Å². The molecular formula is C32H33N5O. The molecule has 0 radical (unpaired) electrons. The largest absolute Gasteiger partial charge is 0.362 e. The fourth-order valence-electron chi connectivity index (χ4n) is 5.74. The first-order valence-electron chi connectivity index (χ1n) is 13.5. The normalized spacial score (nSPS) is 17.5. The number of carbonyl (C=O) groups excluding carboxylic acids is 1. The van der Waals surface area contributed by atoms with E-state index in [0.717, 1.165) is 76.1 Å². The number of amides is 1. The number of hydrogen-bond donors (Lipinski definition) is 2. The molecule has 1 amide bonds. The zero-order valence-electron chi connectivity index (χ0n) is 21.9. The Kier molecular flexibility index (Phi) is 6.54. The molecule has 6 heteroatoms. The Morgan fingerprint density at radius 3 is 2.08 bits per heavy atom. The van der Waals surface area contributed by atoms with Gasteiger partial charge < -0.3 is 15.5 Å². The minimum atomic E-state index is 0.0281. The minimum Gasteiger partial charge on any atom is -0.362 e. The van der Waals surface area contributed by atoms with E-state index in [-0.39, 0.29) is 11.9 Å². The molecule has 1 aliphatic rings. The van der Waals surface area contributed by atoms with Crippen molar-refractivity contribution >= 4 is 50.1 Å². The highest BCUT2D eigenvalue weighted by Crippen LogP contribution is 2.30. The van der Waals surface area contributed by atoms with Gasteiger partial charge in [-0.1, -0.05) is 60.7 Å². The van der Waals surface area contributed by atoms with Crippen LogP contribution in [0.4, 0.5) is 11.8 Å². The van der Waals surface area contributed by atoms with Crippen LogP contribution in [-0.4, -0.2) is 42.6 Å². The van der Waals surface area contributed by atoms with E-state index < -0.39 is 0 Å². The molecule has 2 N–H and O–H groups in total. The van der Waals surface area contributed by atoms with Crippen LogP contribution in [0.5, 0.6) is 0 Å². The number of hydrogen-bond acceptors (Lipinski definition) is 5. The number of carbonyl (C=O) groups is 1. The van der Waals surface area contributed by atoms with E-state index in [1.807, 2.05) is 61.5 Å². The Hall–Kier alpha value is -4.19. The summed E-state index contributed by atoms with van der Waals surface area (Å²) in [5.74, 6) is 2.15. The maximum absolute atomic E-state index is 13.6. The van der Waals surface area contributed by atoms with E-state index >= 15 is 0 Å². The van der Waals surface area contributed by atoms with E-state index in [2.05, 4.69) is 47.0 Å². The van der Waals surface area contributed by atoms with Gasteiger partial charge in [-0.3, -0.25) is 4.79 Å². The van der Waals surface area contributed by atoms with Crippen LogP contribution >= 0.6 is 0 Å². The summed E-state index contributed by atoms with van der Waals surface area (Å²) < 4.78 is 0. The predicted molar refractivity (Wildman–Crippen MR) is 157 cm³/mol. The molecule has 4 aromatic carbocycles. The smallest absolute Gasteiger partial charge is 0.252 e. The van der Waals surface area contributed by atoms with Crippen LogP contribution in [0.1, 0.15) is 36.0 Å². The molecule has 6 nitrogen and oxygen atoms in total. The highest BCUT2D eigenvalue weighted by atomic mass is 16.1. The van der Waals surface area contributed by atoms with Crippen LogP contribution in [0.25, 0.3) is 32.4 Å². The summed E-state index contributed by atoms with van der Waals surface area (Å²) in [6, 6.07) is 26.8. The standard InChI is InChI=1S/C32H33N5O/c1-37(2)30-27-13-7-8-14-28(27)35-32(36-30)33-20-21-15-17-24(18-16-21)34-31(38)29-25-11-5-3-9-22(25)19-23-10-4-6-12-26(23)29/h3-14,19,21,24H,15-18,20H2,1-2H3,(H,34,38)(H,33,35,36). The third-order valence-electron chi connectivity index (χ3n) is 7.74. The van der Waals surface area contributed by atoms with Crippen LogP contribution in [0.2, 0.25) is 0 Å². The Balaban J connectivity index is 1.11. The fraction of sp³-hybridized carbons (Fsp3) is 0.281. The number of nitrogens with zero attached hydrogens (tertiary/aromatic N) is 3. The number of anilines is 2. The molecule has 0 unspecified atom stereocenters. The van der Waals surface area contributed by atoms with Crippen molar-refractivity contribution in [2.75, 3.05) is 30.9 Å². The molecule has 1 fully saturated rings. The van der Waals surface area contributed by atoms with Crippen LogP contribution in [0.3, 0.4) is 0 Å². The third-order valence-corrected chi connectivity index (χ3v) is 7.74. The molecule has 1 heterocycles. The highest BCUT2D eigenvalue weighted by molar-refractivity contribution is 6.18. The second-order valence-corrected chi connectivity index (χ2v) is 10.5. The molecule has 192 valence electrons. The second kappa shape index (κ2) is 10.3. The van der Waals surface area contributed by atoms with E-state index in [1.54, 1.807) is 0 Å². The number of fused-ring (bicyclic) bond motifs is 3. The van der Waals surface area contributed by atoms with Crippen molar-refractivity contribution in [3.05, 3.63) is 84.4 Å². The summed E-state index contributed by atoms with van der Waals surface area (Å²) in [5, 5.41) is 12.1. The summed E-state index contributed by atoms with van der Waals surface area (Å²) in [6.45, 7) is 0.833. The van der Waals surface area contributed by atoms with Crippen LogP contribution < -0.4 is 15.5 Å². The molecule has 6 rings (SSSR count). The average molecular weight is 504 g/mol. The lowest BCUT2D eigenvalue weighted by Crippen LogP contribution is -2.38. The molecule has 0 bridgehead atoms. The lowest BCUT2D eigenvalue weighted by molar-refractivity contribution is 0.0926. The summed E-state index contributed by atoms with van der Waals surface area (Å²) >= 11 is 0. The number of aromatic nitrogens is 2. The maximum Gasteiger partial charge on any atom is 0.252 e. The zero-order chi connectivity index (χ0) is 26.1. The maximum atomic E-state index is 13.6. The lowest BCUT2D eigenvalue weighted by Gasteiger charge is -2.29. The minimum absolute atomic E-state index is 0.0281. The van der Waals surface area contributed by atoms with Crippen molar-refractivity contribution in [1.82, 2.24) is 15.3 Å². The summed E-state index contributed by atoms with van der Waals surface area (Å²) in [6.07, 6.45) is 4.06. The Bertz CT molecular complexity index is 1570. The van der Waals surface area contributed by atoms with Crippen molar-refractivity contribution in [2.24, 2.45) is 5.92 Å². The number of para-hydroxylation sites is 1. The molecule has 0 saturated heterocycles. The summed E-state index contributed by atoms with van der Waals surface area (Å²) in [7, 11) is 4.02. The molecule has 38 heavy (non-hydrogen) atoms. The number of nitrogens with one attached hydrogen (secondary N) is 2. The van der Waals surface area contributed by atoms with Gasteiger partial charge in [0.05, 0.1) is 11.1 Å². The van der Waals surface area contributed by atoms with Gasteiger partial charge in [-0.15, -0.1) is 0 Å². The van der Waals surface area contributed by atoms with Gasteiger partial charge in [0.1, 0.15) is 5.82 Å². The predicted octanol–water partition coefficient (Wildman–Crippen LogP) is 6.40. The van der Waals surface area contributed by atoms with E-state index in [4.69, 9.17) is 9.97 Å². The molecule has 5 aromatic rings. The lowest BCUT2D eigenvalue weighted by atomic mass is 9.85. The van der Waals surface area contributed by atoms with Crippen molar-refractivity contribution in [3.63, 3.8) is 0 Å². The van der Waals surface area contributed by atoms with Gasteiger partial charge in [-0.05, 0) is 71.3 Å². The van der Waals surface area contributed by atoms with Gasteiger partial charge in [-0.2, -0.15) is 4.98 Å². The molecule has 0 atom stereocenters. The van der Waals surface area contributed by atoms with Crippen molar-refractivity contribution in [2.45, 2.75) is 31.7 Å². The Labute approximate surface area is 223 Å². The second-order valence-electron chi connectivity index (χ2n) is 10.5. The van der Waals surface area contributed by atoms with Gasteiger partial charge in [0, 0.05) is 32.1 Å². The first-order chi connectivity index (χ1) is 18.6. The SMILES string of the molecule is CN(C)c1nc(NCC2CCC(NC(=O)c3c4ccccc4cc4ccccc34)CC2)nc2ccccc12. The zero-order valence-corrected chi connectivity index (χ0v) is 21.9. The first kappa shape index (κ1) is 24.2. The van der Waals surface area contributed by atoms with Crippen molar-refractivity contribution in [3.8, 4) is 0 Å². The van der Waals surface area contributed by atoms with Crippen LogP contribution in [-0.2, 0) is 0 Å². The Morgan fingerprint density at radius 1 is 0.816 bits per heavy atom. The summed E-state index contributed by atoms with van der Waals surface area (Å²) in [5.41, 5.74) is 1.73. The molecule has 1 aliphatic carbocycles. The topological polar surface area (TPSA) is 70.2 Å². The average Bonchev–Trinajstić information content (AvgIpc) is 2.95. The quantitative estimate of drug-likeness (QED) is 0.262. The monoisotopic (exact) mass is 503 g/mol. The van der Waals surface area contributed by atoms with Gasteiger partial charge in [0.2, 0.25) is 5.95 Å². The van der Waals surface area contributed by atoms with E-state index in [0.29, 0.717) is 11.9 Å². The fourth-order valence-corrected chi connectivity index (χ4v) is 5.74. The van der Waals surface area contributed by atoms with E-state index in [1.165, 1.54) is 0 Å². The third kappa shape index (κ3) is 4.74. The number of benzene rings is 4. The Morgan fingerprint density at radius 2 is 1.42 bits per heavy atom. The van der Waals surface area contributed by atoms with Gasteiger partial charge >= 0.3 is 0 Å². The van der Waals surface area contributed by atoms with Gasteiger partial charge in [-0.25, -0.2) is 4.98 Å². The molecular weight excluding hydrogens is 470 g/mol. The first-order valence-corrected chi connectivity index (χ1v) is 13.5. The molecule has 1 saturated carbocycles. The van der Waals surface area contributed by atoms with Gasteiger partial charge in [0.15, 0.2) is 0 Å². The van der Waals surface area contributed by atoms with Crippen LogP contribution in [0, 0.1) is 5.92 Å². The molecule has 1 aromatic heterocycles. The van der Waals surface area contributed by atoms with Crippen molar-refractivity contribution < 1.29 is 4.79 Å². The van der Waals surface area contributed by atoms with Crippen LogP contribution in [0.15, 0.2) is 78.9 Å². The van der Waals surface area contributed by atoms with E-state index in [9.17, 15) is 4.79 Å². The summed E-state index contributed by atoms with van der Waals surface area (Å²) in [4.78, 5) is 25.1. The molecule has 0 spiro atoms. The molecule has 0 aliphatic heterocycles. The number of rotatable bonds is 6. The van der Waals surface area contributed by atoms with Gasteiger partial charge in [0.25, 0.3) is 5.91 Å². The highest BCUT2D eigenvalue weighted by Gasteiger charge is 2.24.